The van der Waals surface area contributed by atoms with Gasteiger partial charge in [-0.2, -0.15) is 0 Å². The van der Waals surface area contributed by atoms with Gasteiger partial charge in [0.1, 0.15) is 0 Å². The molecule has 1 aliphatic heterocycles. The number of aryl methyl sites for hydroxylation is 1. The molecular formula is C18H26N2O7S. The Kier molecular flexibility index (Phi) is 7.50. The van der Waals surface area contributed by atoms with Gasteiger partial charge in [0, 0.05) is 12.8 Å². The van der Waals surface area contributed by atoms with Crippen molar-refractivity contribution in [2.45, 2.75) is 25.7 Å². The molecule has 10 heteroatoms. The molecule has 0 aliphatic carbocycles. The normalized spacial score (nSPS) is 17.6. The van der Waals surface area contributed by atoms with Crippen molar-refractivity contribution in [2.75, 3.05) is 32.8 Å². The largest absolute Gasteiger partial charge is 0.493 e. The van der Waals surface area contributed by atoms with Crippen LogP contribution in [0.5, 0.6) is 17.2 Å². The lowest BCUT2D eigenvalue weighted by Gasteiger charge is -2.14. The third-order valence-corrected chi connectivity index (χ3v) is 6.34. The highest BCUT2D eigenvalue weighted by Gasteiger charge is 2.29. The molecule has 0 aromatic heterocycles. The zero-order valence-electron chi connectivity index (χ0n) is 16.2. The molecule has 1 atom stereocenters. The zero-order valence-corrected chi connectivity index (χ0v) is 17.1. The second-order valence-corrected chi connectivity index (χ2v) is 8.83. The average molecular weight is 414 g/mol. The fourth-order valence-electron chi connectivity index (χ4n) is 3.09. The van der Waals surface area contributed by atoms with Gasteiger partial charge in [0.25, 0.3) is 0 Å². The van der Waals surface area contributed by atoms with Crippen LogP contribution in [-0.2, 0) is 25.8 Å². The van der Waals surface area contributed by atoms with Crippen molar-refractivity contribution in [2.24, 2.45) is 5.92 Å². The topological polar surface area (TPSA) is 120 Å². The van der Waals surface area contributed by atoms with E-state index in [1.165, 1.54) is 21.3 Å². The van der Waals surface area contributed by atoms with Crippen molar-refractivity contribution in [1.82, 2.24) is 10.9 Å². The summed E-state index contributed by atoms with van der Waals surface area (Å²) < 4.78 is 38.6. The number of benzene rings is 1. The van der Waals surface area contributed by atoms with Crippen molar-refractivity contribution in [3.8, 4) is 17.2 Å². The van der Waals surface area contributed by atoms with Gasteiger partial charge in [-0.05, 0) is 36.5 Å². The summed E-state index contributed by atoms with van der Waals surface area (Å²) in [6.45, 7) is 0. The summed E-state index contributed by atoms with van der Waals surface area (Å²) in [7, 11) is 1.51. The predicted molar refractivity (Wildman–Crippen MR) is 102 cm³/mol. The number of carbonyl (C=O) groups excluding carboxylic acids is 2. The Morgan fingerprint density at radius 3 is 2.14 bits per heavy atom. The Hall–Kier alpha value is -2.49. The molecule has 1 saturated heterocycles. The lowest BCUT2D eigenvalue weighted by atomic mass is 10.1. The van der Waals surface area contributed by atoms with Crippen molar-refractivity contribution in [3.05, 3.63) is 17.7 Å². The lowest BCUT2D eigenvalue weighted by molar-refractivity contribution is -0.129. The van der Waals surface area contributed by atoms with Gasteiger partial charge in [-0.15, -0.1) is 0 Å². The van der Waals surface area contributed by atoms with Crippen LogP contribution in [0.15, 0.2) is 12.1 Å². The smallest absolute Gasteiger partial charge is 0.238 e. The second-order valence-electron chi connectivity index (χ2n) is 6.60. The van der Waals surface area contributed by atoms with Crippen LogP contribution in [0.3, 0.4) is 0 Å². The SMILES string of the molecule is COc1cc(CCC(=O)NNC(=O)CC2CCS(=O)(=O)C2)cc(OC)c1OC. The Bertz CT molecular complexity index is 798. The number of nitrogens with one attached hydrogen (secondary N) is 2. The van der Waals surface area contributed by atoms with Crippen LogP contribution in [0, 0.1) is 5.92 Å². The molecule has 0 spiro atoms. The predicted octanol–water partition coefficient (Wildman–Crippen LogP) is 0.617. The third-order valence-electron chi connectivity index (χ3n) is 4.51. The average Bonchev–Trinajstić information content (AvgIpc) is 3.01. The Morgan fingerprint density at radius 1 is 1.04 bits per heavy atom. The summed E-state index contributed by atoms with van der Waals surface area (Å²) >= 11 is 0. The van der Waals surface area contributed by atoms with Gasteiger partial charge in [0.15, 0.2) is 21.3 Å². The van der Waals surface area contributed by atoms with E-state index in [-0.39, 0.29) is 36.2 Å². The summed E-state index contributed by atoms with van der Waals surface area (Å²) in [5.74, 6) is 0.653. The summed E-state index contributed by atoms with van der Waals surface area (Å²) in [5.41, 5.74) is 5.50. The number of rotatable bonds is 8. The molecule has 1 fully saturated rings. The second kappa shape index (κ2) is 9.63. The van der Waals surface area contributed by atoms with E-state index >= 15 is 0 Å². The Morgan fingerprint density at radius 2 is 1.64 bits per heavy atom. The van der Waals surface area contributed by atoms with E-state index in [4.69, 9.17) is 14.2 Å². The first-order valence-corrected chi connectivity index (χ1v) is 10.7. The highest BCUT2D eigenvalue weighted by Crippen LogP contribution is 2.38. The van der Waals surface area contributed by atoms with Gasteiger partial charge in [-0.3, -0.25) is 20.4 Å². The molecule has 28 heavy (non-hydrogen) atoms. The molecule has 0 radical (unpaired) electrons. The highest BCUT2D eigenvalue weighted by atomic mass is 32.2. The first-order valence-electron chi connectivity index (χ1n) is 8.85. The van der Waals surface area contributed by atoms with E-state index in [9.17, 15) is 18.0 Å². The minimum Gasteiger partial charge on any atom is -0.493 e. The van der Waals surface area contributed by atoms with Gasteiger partial charge in [0.2, 0.25) is 17.6 Å². The summed E-state index contributed by atoms with van der Waals surface area (Å²) in [4.78, 5) is 23.8. The van der Waals surface area contributed by atoms with Gasteiger partial charge in [-0.25, -0.2) is 8.42 Å². The number of hydrazine groups is 1. The van der Waals surface area contributed by atoms with E-state index in [1.807, 2.05) is 0 Å². The molecule has 1 unspecified atom stereocenters. The van der Waals surface area contributed by atoms with Crippen LogP contribution in [0.2, 0.25) is 0 Å². The number of ether oxygens (including phenoxy) is 3. The van der Waals surface area contributed by atoms with Crippen molar-refractivity contribution >= 4 is 21.7 Å². The van der Waals surface area contributed by atoms with E-state index in [2.05, 4.69) is 10.9 Å². The zero-order chi connectivity index (χ0) is 20.7. The summed E-state index contributed by atoms with van der Waals surface area (Å²) in [6, 6.07) is 3.52. The third kappa shape index (κ3) is 6.01. The van der Waals surface area contributed by atoms with Gasteiger partial charge >= 0.3 is 0 Å². The van der Waals surface area contributed by atoms with Gasteiger partial charge < -0.3 is 14.2 Å². The van der Waals surface area contributed by atoms with E-state index in [0.717, 1.165) is 5.56 Å². The number of hydrogen-bond acceptors (Lipinski definition) is 7. The maximum absolute atomic E-state index is 12.0. The maximum Gasteiger partial charge on any atom is 0.238 e. The molecule has 2 amide bonds. The van der Waals surface area contributed by atoms with Crippen molar-refractivity contribution < 1.29 is 32.2 Å². The van der Waals surface area contributed by atoms with Crippen molar-refractivity contribution in [3.63, 3.8) is 0 Å². The van der Waals surface area contributed by atoms with Crippen molar-refractivity contribution in [1.29, 1.82) is 0 Å². The Balaban J connectivity index is 1.81. The molecule has 1 aliphatic rings. The van der Waals surface area contributed by atoms with E-state index < -0.39 is 15.7 Å². The van der Waals surface area contributed by atoms with E-state index in [1.54, 1.807) is 12.1 Å². The van der Waals surface area contributed by atoms with Crippen LogP contribution in [0.25, 0.3) is 0 Å². The molecule has 1 aromatic rings. The van der Waals surface area contributed by atoms with Crippen LogP contribution in [-0.4, -0.2) is 53.1 Å². The van der Waals surface area contributed by atoms with E-state index in [0.29, 0.717) is 30.1 Å². The maximum atomic E-state index is 12.0. The summed E-state index contributed by atoms with van der Waals surface area (Å²) in [6.07, 6.45) is 1.09. The Labute approximate surface area is 164 Å². The summed E-state index contributed by atoms with van der Waals surface area (Å²) in [5, 5.41) is 0. The number of amides is 2. The molecule has 9 nitrogen and oxygen atoms in total. The molecule has 2 rings (SSSR count). The molecular weight excluding hydrogens is 388 g/mol. The number of carbonyl (C=O) groups is 2. The molecule has 1 heterocycles. The van der Waals surface area contributed by atoms with Gasteiger partial charge in [0.05, 0.1) is 32.8 Å². The number of hydrogen-bond donors (Lipinski definition) is 2. The lowest BCUT2D eigenvalue weighted by Crippen LogP contribution is -2.42. The number of methoxy groups -OCH3 is 3. The van der Waals surface area contributed by atoms with Crippen LogP contribution >= 0.6 is 0 Å². The van der Waals surface area contributed by atoms with Gasteiger partial charge in [-0.1, -0.05) is 0 Å². The first-order chi connectivity index (χ1) is 13.3. The standard InChI is InChI=1S/C18H26N2O7S/c1-25-14-8-12(9-15(26-2)18(14)27-3)4-5-16(21)19-20-17(22)10-13-6-7-28(23,24)11-13/h8-9,13H,4-7,10-11H2,1-3H3,(H,19,21)(H,20,22). The van der Waals surface area contributed by atoms with Crippen LogP contribution in [0.4, 0.5) is 0 Å². The fraction of sp³-hybridized carbons (Fsp3) is 0.556. The molecule has 2 N–H and O–H groups in total. The number of sulfone groups is 1. The molecule has 0 bridgehead atoms. The minimum absolute atomic E-state index is 0.0233. The first kappa shape index (κ1) is 21.8. The molecule has 0 saturated carbocycles. The minimum atomic E-state index is -3.03. The van der Waals surface area contributed by atoms with Crippen LogP contribution < -0.4 is 25.1 Å². The molecule has 156 valence electrons. The molecule has 1 aromatic carbocycles. The monoisotopic (exact) mass is 414 g/mol. The quantitative estimate of drug-likeness (QED) is 0.598. The highest BCUT2D eigenvalue weighted by molar-refractivity contribution is 7.91. The fourth-order valence-corrected chi connectivity index (χ4v) is 4.95. The van der Waals surface area contributed by atoms with Crippen LogP contribution in [0.1, 0.15) is 24.8 Å².